The zero-order chi connectivity index (χ0) is 14.8. The number of nitrogens with zero attached hydrogens (tertiary/aromatic N) is 3. The highest BCUT2D eigenvalue weighted by molar-refractivity contribution is 5.50. The molecule has 4 heteroatoms. The minimum Gasteiger partial charge on any atom is -0.363 e. The van der Waals surface area contributed by atoms with Crippen molar-refractivity contribution in [2.75, 3.05) is 4.90 Å². The predicted molar refractivity (Wildman–Crippen MR) is 86.1 cm³/mol. The average Bonchev–Trinajstić information content (AvgIpc) is 3.29. The molecule has 0 radical (unpaired) electrons. The number of hydrogen-bond acceptors (Lipinski definition) is 3. The first-order valence-corrected chi connectivity index (χ1v) is 7.78. The zero-order valence-corrected chi connectivity index (χ0v) is 12.9. The van der Waals surface area contributed by atoms with Crippen LogP contribution >= 0.6 is 0 Å². The van der Waals surface area contributed by atoms with E-state index in [-0.39, 0.29) is 0 Å². The van der Waals surface area contributed by atoms with E-state index in [0.717, 1.165) is 13.0 Å². The molecule has 21 heavy (non-hydrogen) atoms. The van der Waals surface area contributed by atoms with Crippen LogP contribution in [0.1, 0.15) is 36.7 Å². The van der Waals surface area contributed by atoms with Crippen molar-refractivity contribution < 1.29 is 0 Å². The van der Waals surface area contributed by atoms with Crippen LogP contribution in [0.5, 0.6) is 0 Å². The van der Waals surface area contributed by atoms with E-state index in [9.17, 15) is 0 Å². The Morgan fingerprint density at radius 2 is 2.00 bits per heavy atom. The van der Waals surface area contributed by atoms with E-state index >= 15 is 0 Å². The normalized spacial score (nSPS) is 14.4. The van der Waals surface area contributed by atoms with Gasteiger partial charge in [0.2, 0.25) is 0 Å². The second-order valence-electron chi connectivity index (χ2n) is 5.83. The van der Waals surface area contributed by atoms with Crippen molar-refractivity contribution in [2.45, 2.75) is 45.3 Å². The van der Waals surface area contributed by atoms with Crippen LogP contribution in [0.4, 0.5) is 5.69 Å². The standard InChI is InChI=1S/C17H24N4/c1-3-14-10-17(20(2)19-14)12-21(16-8-9-16)15-6-4-13(11-18)5-7-15/h4-7,10,16H,3,8-9,11-12,18H2,1-2H3. The second-order valence-corrected chi connectivity index (χ2v) is 5.83. The molecule has 1 saturated carbocycles. The minimum atomic E-state index is 0.602. The Kier molecular flexibility index (Phi) is 3.97. The third-order valence-corrected chi connectivity index (χ3v) is 4.21. The molecule has 0 saturated heterocycles. The Labute approximate surface area is 126 Å². The van der Waals surface area contributed by atoms with Crippen molar-refractivity contribution >= 4 is 5.69 Å². The molecule has 1 fully saturated rings. The van der Waals surface area contributed by atoms with Crippen molar-refractivity contribution in [3.63, 3.8) is 0 Å². The third kappa shape index (κ3) is 3.10. The summed E-state index contributed by atoms with van der Waals surface area (Å²) in [5.74, 6) is 0. The fraction of sp³-hybridized carbons (Fsp3) is 0.471. The molecule has 1 aliphatic carbocycles. The molecule has 2 N–H and O–H groups in total. The van der Waals surface area contributed by atoms with E-state index in [1.54, 1.807) is 0 Å². The molecular weight excluding hydrogens is 260 g/mol. The van der Waals surface area contributed by atoms with Crippen LogP contribution in [0.3, 0.4) is 0 Å². The summed E-state index contributed by atoms with van der Waals surface area (Å²) < 4.78 is 2.02. The number of anilines is 1. The summed E-state index contributed by atoms with van der Waals surface area (Å²) in [7, 11) is 2.04. The van der Waals surface area contributed by atoms with Gasteiger partial charge in [0.1, 0.15) is 0 Å². The first-order valence-electron chi connectivity index (χ1n) is 7.78. The van der Waals surface area contributed by atoms with Gasteiger partial charge < -0.3 is 10.6 Å². The van der Waals surface area contributed by atoms with Crippen molar-refractivity contribution in [3.8, 4) is 0 Å². The van der Waals surface area contributed by atoms with Gasteiger partial charge >= 0.3 is 0 Å². The number of hydrogen-bond donors (Lipinski definition) is 1. The summed E-state index contributed by atoms with van der Waals surface area (Å²) in [6, 6.07) is 11.5. The highest BCUT2D eigenvalue weighted by atomic mass is 15.3. The van der Waals surface area contributed by atoms with Crippen molar-refractivity contribution in [2.24, 2.45) is 12.8 Å². The number of benzene rings is 1. The molecule has 1 aromatic carbocycles. The molecule has 4 nitrogen and oxygen atoms in total. The number of aromatic nitrogens is 2. The summed E-state index contributed by atoms with van der Waals surface area (Å²) in [5, 5.41) is 4.56. The van der Waals surface area contributed by atoms with E-state index in [1.165, 1.54) is 35.5 Å². The lowest BCUT2D eigenvalue weighted by atomic mass is 10.2. The van der Waals surface area contributed by atoms with E-state index in [2.05, 4.69) is 47.3 Å². The van der Waals surface area contributed by atoms with Gasteiger partial charge in [-0.05, 0) is 43.0 Å². The lowest BCUT2D eigenvalue weighted by Gasteiger charge is -2.25. The smallest absolute Gasteiger partial charge is 0.0625 e. The molecule has 0 unspecified atom stereocenters. The number of aryl methyl sites for hydroxylation is 2. The average molecular weight is 284 g/mol. The Bertz CT molecular complexity index is 596. The SMILES string of the molecule is CCc1cc(CN(c2ccc(CN)cc2)C2CC2)n(C)n1. The Hall–Kier alpha value is -1.81. The molecular formula is C17H24N4. The van der Waals surface area contributed by atoms with Gasteiger partial charge in [0.05, 0.1) is 17.9 Å². The van der Waals surface area contributed by atoms with Gasteiger partial charge in [-0.15, -0.1) is 0 Å². The van der Waals surface area contributed by atoms with Crippen molar-refractivity contribution in [1.82, 2.24) is 9.78 Å². The summed E-state index contributed by atoms with van der Waals surface area (Å²) in [6.07, 6.45) is 3.57. The molecule has 1 aromatic heterocycles. The van der Waals surface area contributed by atoms with Crippen LogP contribution in [0, 0.1) is 0 Å². The molecule has 0 amide bonds. The lowest BCUT2D eigenvalue weighted by Crippen LogP contribution is -2.26. The molecule has 3 rings (SSSR count). The van der Waals surface area contributed by atoms with Crippen LogP contribution in [-0.4, -0.2) is 15.8 Å². The van der Waals surface area contributed by atoms with Gasteiger partial charge in [0.25, 0.3) is 0 Å². The fourth-order valence-corrected chi connectivity index (χ4v) is 2.71. The predicted octanol–water partition coefficient (Wildman–Crippen LogP) is 2.61. The molecule has 1 aliphatic rings. The Morgan fingerprint density at radius 3 is 2.52 bits per heavy atom. The summed E-state index contributed by atoms with van der Waals surface area (Å²) in [4.78, 5) is 2.50. The fourth-order valence-electron chi connectivity index (χ4n) is 2.71. The van der Waals surface area contributed by atoms with E-state index < -0.39 is 0 Å². The van der Waals surface area contributed by atoms with E-state index in [0.29, 0.717) is 12.6 Å². The van der Waals surface area contributed by atoms with Gasteiger partial charge in [0.15, 0.2) is 0 Å². The van der Waals surface area contributed by atoms with E-state index in [4.69, 9.17) is 5.73 Å². The van der Waals surface area contributed by atoms with Gasteiger partial charge in [-0.2, -0.15) is 5.10 Å². The van der Waals surface area contributed by atoms with Crippen molar-refractivity contribution in [3.05, 3.63) is 47.3 Å². The molecule has 0 spiro atoms. The van der Waals surface area contributed by atoms with Gasteiger partial charge in [-0.3, -0.25) is 4.68 Å². The topological polar surface area (TPSA) is 47.1 Å². The van der Waals surface area contributed by atoms with Crippen LogP contribution in [0.25, 0.3) is 0 Å². The molecule has 1 heterocycles. The lowest BCUT2D eigenvalue weighted by molar-refractivity contribution is 0.670. The zero-order valence-electron chi connectivity index (χ0n) is 12.9. The second kappa shape index (κ2) is 5.90. The maximum atomic E-state index is 5.68. The highest BCUT2D eigenvalue weighted by Gasteiger charge is 2.29. The van der Waals surface area contributed by atoms with Crippen LogP contribution in [0.2, 0.25) is 0 Å². The first-order chi connectivity index (χ1) is 10.2. The summed E-state index contributed by atoms with van der Waals surface area (Å²) >= 11 is 0. The van der Waals surface area contributed by atoms with Gasteiger partial charge in [-0.1, -0.05) is 19.1 Å². The Balaban J connectivity index is 1.82. The Morgan fingerprint density at radius 1 is 1.29 bits per heavy atom. The van der Waals surface area contributed by atoms with Crippen molar-refractivity contribution in [1.29, 1.82) is 0 Å². The molecule has 2 aromatic rings. The van der Waals surface area contributed by atoms with Gasteiger partial charge in [-0.25, -0.2) is 0 Å². The third-order valence-electron chi connectivity index (χ3n) is 4.21. The minimum absolute atomic E-state index is 0.602. The quantitative estimate of drug-likeness (QED) is 0.887. The monoisotopic (exact) mass is 284 g/mol. The summed E-state index contributed by atoms with van der Waals surface area (Å²) in [6.45, 7) is 3.68. The summed E-state index contributed by atoms with van der Waals surface area (Å²) in [5.41, 5.74) is 10.6. The molecule has 0 aliphatic heterocycles. The first kappa shape index (κ1) is 14.1. The van der Waals surface area contributed by atoms with Crippen LogP contribution < -0.4 is 10.6 Å². The highest BCUT2D eigenvalue weighted by Crippen LogP contribution is 2.33. The van der Waals surface area contributed by atoms with Gasteiger partial charge in [0, 0.05) is 25.3 Å². The molecule has 0 atom stereocenters. The maximum absolute atomic E-state index is 5.68. The molecule has 0 bridgehead atoms. The molecule has 112 valence electrons. The largest absolute Gasteiger partial charge is 0.363 e. The number of nitrogens with two attached hydrogens (primary N) is 1. The van der Waals surface area contributed by atoms with Crippen LogP contribution in [-0.2, 0) is 26.6 Å². The van der Waals surface area contributed by atoms with Crippen LogP contribution in [0.15, 0.2) is 30.3 Å². The van der Waals surface area contributed by atoms with E-state index in [1.807, 2.05) is 11.7 Å². The number of rotatable bonds is 6. The maximum Gasteiger partial charge on any atom is 0.0625 e.